The monoisotopic (exact) mass is 393 g/mol. The molecule has 9 heteroatoms. The molecule has 0 fully saturated rings. The lowest BCUT2D eigenvalue weighted by Crippen LogP contribution is -2.12. The van der Waals surface area contributed by atoms with Crippen LogP contribution in [0.25, 0.3) is 11.5 Å². The molecule has 0 saturated carbocycles. The van der Waals surface area contributed by atoms with Gasteiger partial charge in [0.25, 0.3) is 11.8 Å². The van der Waals surface area contributed by atoms with Crippen molar-refractivity contribution < 1.29 is 18.7 Å². The number of carbonyl (C=O) groups is 1. The van der Waals surface area contributed by atoms with Crippen molar-refractivity contribution in [3.8, 4) is 23.0 Å². The molecule has 1 N–H and O–H groups in total. The van der Waals surface area contributed by atoms with Gasteiger partial charge < -0.3 is 13.9 Å². The van der Waals surface area contributed by atoms with Crippen LogP contribution in [0.5, 0.6) is 11.5 Å². The first kappa shape index (κ1) is 18.0. The van der Waals surface area contributed by atoms with Gasteiger partial charge in [-0.1, -0.05) is 28.3 Å². The van der Waals surface area contributed by atoms with Crippen LogP contribution in [0.1, 0.15) is 10.4 Å². The van der Waals surface area contributed by atoms with Gasteiger partial charge in [0.1, 0.15) is 11.5 Å². The van der Waals surface area contributed by atoms with Crippen molar-refractivity contribution in [1.82, 2.24) is 10.2 Å². The number of methoxy groups -OCH3 is 2. The van der Waals surface area contributed by atoms with Crippen LogP contribution in [-0.4, -0.2) is 30.3 Å². The Hall–Kier alpha value is -2.77. The van der Waals surface area contributed by atoms with E-state index in [2.05, 4.69) is 15.5 Å². The van der Waals surface area contributed by atoms with Gasteiger partial charge in [-0.3, -0.25) is 10.1 Å². The van der Waals surface area contributed by atoms with E-state index in [0.717, 1.165) is 0 Å². The third-order valence-electron chi connectivity index (χ3n) is 3.42. The second kappa shape index (κ2) is 7.63. The summed E-state index contributed by atoms with van der Waals surface area (Å²) in [6.07, 6.45) is 0. The Kier molecular flexibility index (Phi) is 5.29. The van der Waals surface area contributed by atoms with Crippen LogP contribution in [0.4, 0.5) is 6.01 Å². The van der Waals surface area contributed by atoms with Crippen molar-refractivity contribution in [2.75, 3.05) is 19.5 Å². The first-order valence-electron chi connectivity index (χ1n) is 7.33. The fourth-order valence-corrected chi connectivity index (χ4v) is 2.64. The number of amides is 1. The number of hydrogen-bond acceptors (Lipinski definition) is 6. The third-order valence-corrected chi connectivity index (χ3v) is 3.97. The molecule has 134 valence electrons. The van der Waals surface area contributed by atoms with Crippen molar-refractivity contribution in [1.29, 1.82) is 0 Å². The molecule has 26 heavy (non-hydrogen) atoms. The number of benzene rings is 2. The van der Waals surface area contributed by atoms with Crippen LogP contribution in [0.3, 0.4) is 0 Å². The Labute approximate surface area is 158 Å². The summed E-state index contributed by atoms with van der Waals surface area (Å²) in [6.45, 7) is 0. The molecule has 0 radical (unpaired) electrons. The minimum absolute atomic E-state index is 0.0715. The molecule has 1 heterocycles. The van der Waals surface area contributed by atoms with Crippen molar-refractivity contribution in [2.24, 2.45) is 0 Å². The van der Waals surface area contributed by atoms with Gasteiger partial charge in [-0.15, -0.1) is 5.10 Å². The van der Waals surface area contributed by atoms with E-state index >= 15 is 0 Å². The lowest BCUT2D eigenvalue weighted by atomic mass is 10.2. The molecule has 0 bridgehead atoms. The zero-order valence-electron chi connectivity index (χ0n) is 13.7. The van der Waals surface area contributed by atoms with E-state index in [0.29, 0.717) is 32.7 Å². The molecule has 2 aromatic carbocycles. The molecule has 0 unspecified atom stereocenters. The lowest BCUT2D eigenvalue weighted by Gasteiger charge is -2.07. The molecule has 0 aliphatic heterocycles. The average Bonchev–Trinajstić information content (AvgIpc) is 3.09. The highest BCUT2D eigenvalue weighted by molar-refractivity contribution is 6.36. The molecular formula is C17H13Cl2N3O4. The van der Waals surface area contributed by atoms with Gasteiger partial charge in [-0.2, -0.15) is 0 Å². The maximum absolute atomic E-state index is 12.4. The number of ether oxygens (including phenoxy) is 2. The van der Waals surface area contributed by atoms with Gasteiger partial charge in [0.15, 0.2) is 0 Å². The van der Waals surface area contributed by atoms with Crippen molar-refractivity contribution in [2.45, 2.75) is 0 Å². The summed E-state index contributed by atoms with van der Waals surface area (Å²) >= 11 is 12.0. The standard InChI is InChI=1S/C17H13Cl2N3O4/c1-24-11-5-9(6-12(8-11)25-2)15(23)20-17-22-21-16(26-17)13-4-3-10(18)7-14(13)19/h3-8H,1-2H3,(H,20,22,23). The summed E-state index contributed by atoms with van der Waals surface area (Å²) in [5, 5.41) is 11.1. The SMILES string of the molecule is COc1cc(OC)cc(C(=O)Nc2nnc(-c3ccc(Cl)cc3Cl)o2)c1. The van der Waals surface area contributed by atoms with Crippen molar-refractivity contribution in [3.63, 3.8) is 0 Å². The summed E-state index contributed by atoms with van der Waals surface area (Å²) in [4.78, 5) is 12.4. The Balaban J connectivity index is 1.82. The van der Waals surface area contributed by atoms with Crippen LogP contribution in [-0.2, 0) is 0 Å². The molecule has 1 aromatic heterocycles. The maximum atomic E-state index is 12.4. The van der Waals surface area contributed by atoms with Gasteiger partial charge in [0, 0.05) is 16.7 Å². The second-order valence-corrected chi connectivity index (χ2v) is 5.94. The van der Waals surface area contributed by atoms with Crippen LogP contribution >= 0.6 is 23.2 Å². The zero-order chi connectivity index (χ0) is 18.7. The molecule has 0 saturated heterocycles. The molecular weight excluding hydrogens is 381 g/mol. The number of halogens is 2. The van der Waals surface area contributed by atoms with Gasteiger partial charge in [0.05, 0.1) is 24.8 Å². The number of anilines is 1. The van der Waals surface area contributed by atoms with E-state index < -0.39 is 5.91 Å². The van der Waals surface area contributed by atoms with E-state index in [9.17, 15) is 4.79 Å². The Morgan fingerprint density at radius 2 is 1.73 bits per heavy atom. The highest BCUT2D eigenvalue weighted by Crippen LogP contribution is 2.30. The highest BCUT2D eigenvalue weighted by atomic mass is 35.5. The summed E-state index contributed by atoms with van der Waals surface area (Å²) in [5.74, 6) is 0.659. The Morgan fingerprint density at radius 3 is 2.35 bits per heavy atom. The van der Waals surface area contributed by atoms with Crippen LogP contribution in [0, 0.1) is 0 Å². The molecule has 0 atom stereocenters. The van der Waals surface area contributed by atoms with E-state index in [4.69, 9.17) is 37.1 Å². The van der Waals surface area contributed by atoms with E-state index in [1.807, 2.05) is 0 Å². The molecule has 0 aliphatic rings. The second-order valence-electron chi connectivity index (χ2n) is 5.09. The molecule has 0 spiro atoms. The molecule has 1 amide bonds. The fraction of sp³-hybridized carbons (Fsp3) is 0.118. The van der Waals surface area contributed by atoms with Crippen molar-refractivity contribution >= 4 is 35.1 Å². The normalized spacial score (nSPS) is 10.5. The number of rotatable bonds is 5. The summed E-state index contributed by atoms with van der Waals surface area (Å²) in [7, 11) is 2.99. The largest absolute Gasteiger partial charge is 0.497 e. The van der Waals surface area contributed by atoms with Crippen LogP contribution in [0.15, 0.2) is 40.8 Å². The summed E-state index contributed by atoms with van der Waals surface area (Å²) in [6, 6.07) is 9.56. The van der Waals surface area contributed by atoms with Gasteiger partial charge in [-0.05, 0) is 30.3 Å². The topological polar surface area (TPSA) is 86.5 Å². The van der Waals surface area contributed by atoms with E-state index in [1.54, 1.807) is 36.4 Å². The number of carbonyl (C=O) groups excluding carboxylic acids is 1. The van der Waals surface area contributed by atoms with Crippen molar-refractivity contribution in [3.05, 3.63) is 52.0 Å². The fourth-order valence-electron chi connectivity index (χ4n) is 2.15. The lowest BCUT2D eigenvalue weighted by molar-refractivity contribution is 0.102. The molecule has 3 aromatic rings. The molecule has 3 rings (SSSR count). The quantitative estimate of drug-likeness (QED) is 0.694. The van der Waals surface area contributed by atoms with Gasteiger partial charge >= 0.3 is 6.01 Å². The van der Waals surface area contributed by atoms with Crippen LogP contribution < -0.4 is 14.8 Å². The first-order valence-corrected chi connectivity index (χ1v) is 8.09. The average molecular weight is 394 g/mol. The zero-order valence-corrected chi connectivity index (χ0v) is 15.3. The number of aromatic nitrogens is 2. The van der Waals surface area contributed by atoms with Gasteiger partial charge in [0.2, 0.25) is 0 Å². The number of hydrogen-bond donors (Lipinski definition) is 1. The smallest absolute Gasteiger partial charge is 0.322 e. The third kappa shape index (κ3) is 3.89. The predicted molar refractivity (Wildman–Crippen MR) is 97.3 cm³/mol. The maximum Gasteiger partial charge on any atom is 0.322 e. The van der Waals surface area contributed by atoms with Gasteiger partial charge in [-0.25, -0.2) is 0 Å². The summed E-state index contributed by atoms with van der Waals surface area (Å²) in [5.41, 5.74) is 0.817. The molecule has 7 nitrogen and oxygen atoms in total. The minimum Gasteiger partial charge on any atom is -0.497 e. The van der Waals surface area contributed by atoms with E-state index in [-0.39, 0.29) is 11.9 Å². The number of nitrogens with zero attached hydrogens (tertiary/aromatic N) is 2. The Bertz CT molecular complexity index is 937. The summed E-state index contributed by atoms with van der Waals surface area (Å²) < 4.78 is 15.7. The van der Waals surface area contributed by atoms with Crippen LogP contribution in [0.2, 0.25) is 10.0 Å². The minimum atomic E-state index is -0.459. The van der Waals surface area contributed by atoms with E-state index in [1.165, 1.54) is 14.2 Å². The highest BCUT2D eigenvalue weighted by Gasteiger charge is 2.16. The first-order chi connectivity index (χ1) is 12.5. The Morgan fingerprint density at radius 1 is 1.04 bits per heavy atom. The molecule has 0 aliphatic carbocycles. The number of nitrogens with one attached hydrogen (secondary N) is 1. The predicted octanol–water partition coefficient (Wildman–Crippen LogP) is 4.31.